The molecule has 0 radical (unpaired) electrons. The summed E-state index contributed by atoms with van der Waals surface area (Å²) < 4.78 is 22.0. The first-order chi connectivity index (χ1) is 11.0. The predicted octanol–water partition coefficient (Wildman–Crippen LogP) is 1.94. The molecule has 1 aliphatic rings. The van der Waals surface area contributed by atoms with Crippen molar-refractivity contribution in [2.45, 2.75) is 25.7 Å². The van der Waals surface area contributed by atoms with E-state index in [4.69, 9.17) is 18.9 Å². The molecule has 6 nitrogen and oxygen atoms in total. The first kappa shape index (κ1) is 17.2. The quantitative estimate of drug-likeness (QED) is 0.589. The number of carbonyl (C=O) groups excluding carboxylic acids is 2. The van der Waals surface area contributed by atoms with E-state index in [0.717, 1.165) is 0 Å². The van der Waals surface area contributed by atoms with Crippen LogP contribution in [0.25, 0.3) is 0 Å². The molecule has 1 atom stereocenters. The Morgan fingerprint density at radius 3 is 2.35 bits per heavy atom. The molecule has 1 aromatic rings. The minimum Gasteiger partial charge on any atom is -0.462 e. The maximum atomic E-state index is 12.0. The normalized spacial score (nSPS) is 17.3. The Morgan fingerprint density at radius 1 is 1.22 bits per heavy atom. The highest BCUT2D eigenvalue weighted by Crippen LogP contribution is 2.37. The molecular weight excluding hydrogens is 300 g/mol. The van der Waals surface area contributed by atoms with E-state index in [-0.39, 0.29) is 12.2 Å². The molecule has 0 bridgehead atoms. The van der Waals surface area contributed by atoms with Crippen LogP contribution in [0.15, 0.2) is 42.5 Å². The lowest BCUT2D eigenvalue weighted by molar-refractivity contribution is -0.247. The van der Waals surface area contributed by atoms with Crippen molar-refractivity contribution in [2.24, 2.45) is 0 Å². The van der Waals surface area contributed by atoms with Gasteiger partial charge in [0.15, 0.2) is 6.10 Å². The third-order valence-corrected chi connectivity index (χ3v) is 3.35. The molecule has 0 saturated carbocycles. The second kappa shape index (κ2) is 7.39. The van der Waals surface area contributed by atoms with Crippen molar-refractivity contribution in [2.75, 3.05) is 19.8 Å². The Kier molecular flexibility index (Phi) is 5.52. The lowest BCUT2D eigenvalue weighted by atomic mass is 10.00. The molecule has 1 unspecified atom stereocenters. The highest BCUT2D eigenvalue weighted by atomic mass is 16.8. The smallest absolute Gasteiger partial charge is 0.333 e. The van der Waals surface area contributed by atoms with Gasteiger partial charge in [0.05, 0.1) is 13.2 Å². The molecule has 1 aliphatic heterocycles. The number of esters is 2. The number of ether oxygens (including phenoxy) is 4. The Bertz CT molecular complexity index is 574. The third-order valence-electron chi connectivity index (χ3n) is 3.35. The fraction of sp³-hybridized carbons (Fsp3) is 0.412. The summed E-state index contributed by atoms with van der Waals surface area (Å²) in [6, 6.07) is 9.12. The molecule has 0 amide bonds. The number of hydrogen-bond acceptors (Lipinski definition) is 6. The summed E-state index contributed by atoms with van der Waals surface area (Å²) >= 11 is 0. The average molecular weight is 320 g/mol. The predicted molar refractivity (Wildman–Crippen MR) is 81.4 cm³/mol. The number of carbonyl (C=O) groups is 2. The van der Waals surface area contributed by atoms with Gasteiger partial charge in [-0.1, -0.05) is 36.9 Å². The second-order valence-electron chi connectivity index (χ2n) is 5.21. The molecule has 1 saturated heterocycles. The average Bonchev–Trinajstić information content (AvgIpc) is 3.02. The molecule has 124 valence electrons. The lowest BCUT2D eigenvalue weighted by Crippen LogP contribution is -2.46. The van der Waals surface area contributed by atoms with Gasteiger partial charge in [0.25, 0.3) is 0 Å². The van der Waals surface area contributed by atoms with Crippen molar-refractivity contribution < 1.29 is 28.5 Å². The van der Waals surface area contributed by atoms with Crippen LogP contribution < -0.4 is 0 Å². The summed E-state index contributed by atoms with van der Waals surface area (Å²) in [7, 11) is 0. The number of rotatable bonds is 6. The van der Waals surface area contributed by atoms with Gasteiger partial charge >= 0.3 is 11.9 Å². The van der Waals surface area contributed by atoms with Crippen molar-refractivity contribution in [3.8, 4) is 0 Å². The molecule has 23 heavy (non-hydrogen) atoms. The van der Waals surface area contributed by atoms with Gasteiger partial charge in [-0.2, -0.15) is 0 Å². The van der Waals surface area contributed by atoms with Crippen LogP contribution in [0.5, 0.6) is 0 Å². The molecule has 0 spiro atoms. The van der Waals surface area contributed by atoms with E-state index in [9.17, 15) is 9.59 Å². The Labute approximate surface area is 135 Å². The van der Waals surface area contributed by atoms with E-state index in [1.54, 1.807) is 12.1 Å². The van der Waals surface area contributed by atoms with E-state index in [1.807, 2.05) is 18.2 Å². The van der Waals surface area contributed by atoms with E-state index in [1.165, 1.54) is 13.8 Å². The summed E-state index contributed by atoms with van der Waals surface area (Å²) in [5.74, 6) is -2.39. The van der Waals surface area contributed by atoms with Gasteiger partial charge < -0.3 is 18.9 Å². The van der Waals surface area contributed by atoms with Crippen molar-refractivity contribution in [1.29, 1.82) is 0 Å². The molecule has 2 rings (SSSR count). The van der Waals surface area contributed by atoms with Crippen LogP contribution in [0.4, 0.5) is 0 Å². The van der Waals surface area contributed by atoms with Gasteiger partial charge in [-0.15, -0.1) is 0 Å². The summed E-state index contributed by atoms with van der Waals surface area (Å²) in [4.78, 5) is 23.1. The summed E-state index contributed by atoms with van der Waals surface area (Å²) in [6.45, 7) is 6.89. The maximum Gasteiger partial charge on any atom is 0.333 e. The highest BCUT2D eigenvalue weighted by molar-refractivity contribution is 5.87. The van der Waals surface area contributed by atoms with Crippen LogP contribution in [-0.2, 0) is 34.3 Å². The molecule has 1 heterocycles. The van der Waals surface area contributed by atoms with Gasteiger partial charge in [-0.3, -0.25) is 4.79 Å². The van der Waals surface area contributed by atoms with Crippen LogP contribution in [0.3, 0.4) is 0 Å². The zero-order valence-corrected chi connectivity index (χ0v) is 13.2. The molecule has 6 heteroatoms. The zero-order chi connectivity index (χ0) is 16.9. The molecule has 0 N–H and O–H groups in total. The molecule has 0 aromatic heterocycles. The summed E-state index contributed by atoms with van der Waals surface area (Å²) in [5, 5.41) is 0. The van der Waals surface area contributed by atoms with E-state index in [0.29, 0.717) is 18.8 Å². The van der Waals surface area contributed by atoms with Crippen molar-refractivity contribution >= 4 is 11.9 Å². The Hall–Kier alpha value is -2.18. The fourth-order valence-electron chi connectivity index (χ4n) is 2.28. The van der Waals surface area contributed by atoms with E-state index in [2.05, 4.69) is 6.58 Å². The highest BCUT2D eigenvalue weighted by Gasteiger charge is 2.49. The number of hydrogen-bond donors (Lipinski definition) is 0. The first-order valence-electron chi connectivity index (χ1n) is 7.29. The van der Waals surface area contributed by atoms with Crippen LogP contribution in [0.1, 0.15) is 19.4 Å². The van der Waals surface area contributed by atoms with E-state index < -0.39 is 23.8 Å². The van der Waals surface area contributed by atoms with Crippen LogP contribution >= 0.6 is 0 Å². The largest absolute Gasteiger partial charge is 0.462 e. The van der Waals surface area contributed by atoms with E-state index >= 15 is 0 Å². The third kappa shape index (κ3) is 3.97. The fourth-order valence-corrected chi connectivity index (χ4v) is 2.28. The minimum absolute atomic E-state index is 0.177. The molecular formula is C17H20O6. The molecule has 1 aromatic carbocycles. The van der Waals surface area contributed by atoms with Crippen LogP contribution in [0.2, 0.25) is 0 Å². The Balaban J connectivity index is 2.33. The van der Waals surface area contributed by atoms with Gasteiger partial charge in [0, 0.05) is 18.1 Å². The van der Waals surface area contributed by atoms with Crippen LogP contribution in [0, 0.1) is 0 Å². The minimum atomic E-state index is -1.30. The Morgan fingerprint density at radius 2 is 1.83 bits per heavy atom. The van der Waals surface area contributed by atoms with Crippen molar-refractivity contribution in [3.63, 3.8) is 0 Å². The van der Waals surface area contributed by atoms with Gasteiger partial charge in [0.2, 0.25) is 5.79 Å². The summed E-state index contributed by atoms with van der Waals surface area (Å²) in [6.07, 6.45) is -0.944. The monoisotopic (exact) mass is 320 g/mol. The summed E-state index contributed by atoms with van der Waals surface area (Å²) in [5.41, 5.74) is 0.920. The zero-order valence-electron chi connectivity index (χ0n) is 13.2. The molecule has 0 aliphatic carbocycles. The topological polar surface area (TPSA) is 71.1 Å². The van der Waals surface area contributed by atoms with Crippen molar-refractivity contribution in [1.82, 2.24) is 0 Å². The van der Waals surface area contributed by atoms with Crippen LogP contribution in [-0.4, -0.2) is 37.9 Å². The van der Waals surface area contributed by atoms with Gasteiger partial charge in [-0.05, 0) is 6.92 Å². The first-order valence-corrected chi connectivity index (χ1v) is 7.29. The SMILES string of the molecule is C=C(C)C(=O)OC(COC(C)=O)C1(c2ccccc2)OCCO1. The standard InChI is InChI=1S/C17H20O6/c1-12(2)16(19)23-15(11-20-13(3)18)17(21-9-10-22-17)14-7-5-4-6-8-14/h4-8,15H,1,9-11H2,2-3H3. The lowest BCUT2D eigenvalue weighted by Gasteiger charge is -2.34. The van der Waals surface area contributed by atoms with Crippen molar-refractivity contribution in [3.05, 3.63) is 48.0 Å². The second-order valence-corrected chi connectivity index (χ2v) is 5.21. The van der Waals surface area contributed by atoms with Gasteiger partial charge in [0.1, 0.15) is 6.61 Å². The number of benzene rings is 1. The maximum absolute atomic E-state index is 12.0. The van der Waals surface area contributed by atoms with Gasteiger partial charge in [-0.25, -0.2) is 4.79 Å². The molecule has 1 fully saturated rings.